The number of nitrogens with zero attached hydrogens (tertiary/aromatic N) is 2. The first kappa shape index (κ1) is 14.8. The molecule has 2 aliphatic rings. The number of anilines is 1. The molecular formula is C19H16N4O3. The van der Waals surface area contributed by atoms with Crippen molar-refractivity contribution < 1.29 is 14.3 Å². The predicted molar refractivity (Wildman–Crippen MR) is 95.5 cm³/mol. The largest absolute Gasteiger partial charge is 0.454 e. The number of rotatable bonds is 2. The Bertz CT molecular complexity index is 1070. The Kier molecular flexibility index (Phi) is 3.00. The first-order chi connectivity index (χ1) is 12.6. The first-order valence-electron chi connectivity index (χ1n) is 8.32. The van der Waals surface area contributed by atoms with Gasteiger partial charge in [-0.15, -0.1) is 0 Å². The highest BCUT2D eigenvalue weighted by molar-refractivity contribution is 5.95. The van der Waals surface area contributed by atoms with Crippen LogP contribution in [0.1, 0.15) is 21.6 Å². The molecule has 1 amide bonds. The summed E-state index contributed by atoms with van der Waals surface area (Å²) in [6.45, 7) is 0.196. The van der Waals surface area contributed by atoms with Crippen LogP contribution in [0.15, 0.2) is 36.4 Å². The van der Waals surface area contributed by atoms with E-state index in [9.17, 15) is 4.79 Å². The van der Waals surface area contributed by atoms with Gasteiger partial charge in [0.05, 0.1) is 11.4 Å². The molecule has 130 valence electrons. The maximum Gasteiger partial charge on any atom is 0.269 e. The Balaban J connectivity index is 1.78. The molecule has 2 aromatic carbocycles. The molecule has 7 nitrogen and oxygen atoms in total. The van der Waals surface area contributed by atoms with Crippen LogP contribution in [0.3, 0.4) is 0 Å². The summed E-state index contributed by atoms with van der Waals surface area (Å²) in [6, 6.07) is 11.4. The maximum atomic E-state index is 12.0. The zero-order valence-electron chi connectivity index (χ0n) is 13.9. The quantitative estimate of drug-likeness (QED) is 0.690. The Labute approximate surface area is 149 Å². The molecule has 0 unspecified atom stereocenters. The van der Waals surface area contributed by atoms with Crippen molar-refractivity contribution in [3.63, 3.8) is 0 Å². The van der Waals surface area contributed by atoms with Gasteiger partial charge in [-0.2, -0.15) is 5.10 Å². The molecule has 1 aliphatic heterocycles. The van der Waals surface area contributed by atoms with Crippen LogP contribution in [-0.4, -0.2) is 22.5 Å². The second-order valence-corrected chi connectivity index (χ2v) is 6.41. The van der Waals surface area contributed by atoms with Crippen molar-refractivity contribution in [2.75, 3.05) is 12.5 Å². The Morgan fingerprint density at radius 3 is 2.77 bits per heavy atom. The van der Waals surface area contributed by atoms with Crippen molar-refractivity contribution in [1.29, 1.82) is 0 Å². The van der Waals surface area contributed by atoms with E-state index in [1.165, 1.54) is 5.56 Å². The lowest BCUT2D eigenvalue weighted by Gasteiger charge is -2.19. The Morgan fingerprint density at radius 2 is 1.92 bits per heavy atom. The van der Waals surface area contributed by atoms with Gasteiger partial charge in [-0.25, -0.2) is 4.68 Å². The van der Waals surface area contributed by atoms with E-state index in [1.807, 2.05) is 36.4 Å². The van der Waals surface area contributed by atoms with Gasteiger partial charge < -0.3 is 20.9 Å². The smallest absolute Gasteiger partial charge is 0.269 e. The summed E-state index contributed by atoms with van der Waals surface area (Å²) < 4.78 is 12.6. The summed E-state index contributed by atoms with van der Waals surface area (Å²) in [5.41, 5.74) is 17.2. The minimum atomic E-state index is -0.534. The van der Waals surface area contributed by atoms with Crippen molar-refractivity contribution in [3.8, 4) is 28.4 Å². The van der Waals surface area contributed by atoms with Crippen molar-refractivity contribution in [1.82, 2.24) is 9.78 Å². The second kappa shape index (κ2) is 5.26. The van der Waals surface area contributed by atoms with E-state index in [0.29, 0.717) is 29.3 Å². The third-order valence-corrected chi connectivity index (χ3v) is 4.85. The van der Waals surface area contributed by atoms with Crippen LogP contribution in [0.2, 0.25) is 0 Å². The van der Waals surface area contributed by atoms with Crippen LogP contribution in [-0.2, 0) is 12.8 Å². The van der Waals surface area contributed by atoms with Gasteiger partial charge in [0.2, 0.25) is 6.79 Å². The number of primary amides is 1. The highest BCUT2D eigenvalue weighted by Gasteiger charge is 2.28. The minimum Gasteiger partial charge on any atom is -0.454 e. The summed E-state index contributed by atoms with van der Waals surface area (Å²) >= 11 is 0. The highest BCUT2D eigenvalue weighted by atomic mass is 16.7. The minimum absolute atomic E-state index is 0.196. The van der Waals surface area contributed by atoms with Gasteiger partial charge in [0, 0.05) is 22.9 Å². The molecule has 5 rings (SSSR count). The van der Waals surface area contributed by atoms with Crippen LogP contribution in [0.4, 0.5) is 5.69 Å². The molecule has 1 aromatic heterocycles. The van der Waals surface area contributed by atoms with Crippen molar-refractivity contribution in [2.24, 2.45) is 5.73 Å². The molecule has 0 saturated carbocycles. The lowest BCUT2D eigenvalue weighted by atomic mass is 9.88. The number of ether oxygens (including phenoxy) is 2. The van der Waals surface area contributed by atoms with Gasteiger partial charge in [-0.3, -0.25) is 4.79 Å². The molecule has 0 atom stereocenters. The van der Waals surface area contributed by atoms with Gasteiger partial charge in [-0.05, 0) is 42.7 Å². The lowest BCUT2D eigenvalue weighted by molar-refractivity contribution is 0.0994. The van der Waals surface area contributed by atoms with Gasteiger partial charge >= 0.3 is 0 Å². The topological polar surface area (TPSA) is 105 Å². The molecule has 2 heterocycles. The van der Waals surface area contributed by atoms with Gasteiger partial charge in [0.15, 0.2) is 17.2 Å². The van der Waals surface area contributed by atoms with E-state index in [0.717, 1.165) is 28.9 Å². The zero-order chi connectivity index (χ0) is 17.8. The highest BCUT2D eigenvalue weighted by Crippen LogP contribution is 2.40. The van der Waals surface area contributed by atoms with E-state index in [2.05, 4.69) is 5.10 Å². The third kappa shape index (κ3) is 2.07. The summed E-state index contributed by atoms with van der Waals surface area (Å²) in [6.07, 6.45) is 1.52. The average Bonchev–Trinajstić information content (AvgIpc) is 3.25. The second-order valence-electron chi connectivity index (χ2n) is 6.41. The number of fused-ring (bicyclic) bond motifs is 4. The van der Waals surface area contributed by atoms with Crippen LogP contribution in [0.25, 0.3) is 16.9 Å². The molecular weight excluding hydrogens is 332 g/mol. The molecule has 26 heavy (non-hydrogen) atoms. The molecule has 0 spiro atoms. The molecule has 0 radical (unpaired) electrons. The number of carbonyl (C=O) groups is 1. The monoisotopic (exact) mass is 348 g/mol. The number of benzene rings is 2. The fourth-order valence-corrected chi connectivity index (χ4v) is 3.66. The molecule has 0 bridgehead atoms. The predicted octanol–water partition coefficient (Wildman–Crippen LogP) is 2.05. The standard InChI is InChI=1S/C19H16N4O3/c20-11-3-1-10-2-5-13-17(19(21)24)22-23(18(13)14(10)7-11)12-4-6-15-16(8-12)26-9-25-15/h1,3-4,6-8H,2,5,9,20H2,(H2,21,24). The van der Waals surface area contributed by atoms with E-state index < -0.39 is 5.91 Å². The molecule has 3 aromatic rings. The molecule has 4 N–H and O–H groups in total. The molecule has 7 heteroatoms. The van der Waals surface area contributed by atoms with Crippen LogP contribution < -0.4 is 20.9 Å². The molecule has 1 aliphatic carbocycles. The Hall–Kier alpha value is -3.48. The maximum absolute atomic E-state index is 12.0. The van der Waals surface area contributed by atoms with Crippen molar-refractivity contribution >= 4 is 11.6 Å². The zero-order valence-corrected chi connectivity index (χ0v) is 13.9. The Morgan fingerprint density at radius 1 is 1.08 bits per heavy atom. The van der Waals surface area contributed by atoms with E-state index in [4.69, 9.17) is 20.9 Å². The average molecular weight is 348 g/mol. The van der Waals surface area contributed by atoms with E-state index >= 15 is 0 Å². The number of hydrogen-bond acceptors (Lipinski definition) is 5. The number of nitrogen functional groups attached to an aromatic ring is 1. The van der Waals surface area contributed by atoms with Crippen LogP contribution in [0.5, 0.6) is 11.5 Å². The first-order valence-corrected chi connectivity index (χ1v) is 8.32. The van der Waals surface area contributed by atoms with E-state index in [1.54, 1.807) is 4.68 Å². The number of amides is 1. The van der Waals surface area contributed by atoms with Crippen molar-refractivity contribution in [2.45, 2.75) is 12.8 Å². The van der Waals surface area contributed by atoms with Crippen LogP contribution >= 0.6 is 0 Å². The third-order valence-electron chi connectivity index (χ3n) is 4.85. The normalized spacial score (nSPS) is 14.0. The number of aryl methyl sites for hydroxylation is 1. The summed E-state index contributed by atoms with van der Waals surface area (Å²) in [5.74, 6) is 0.804. The number of hydrogen-bond donors (Lipinski definition) is 2. The number of carbonyl (C=O) groups excluding carboxylic acids is 1. The number of aromatic nitrogens is 2. The van der Waals surface area contributed by atoms with E-state index in [-0.39, 0.29) is 6.79 Å². The van der Waals surface area contributed by atoms with Crippen molar-refractivity contribution in [3.05, 3.63) is 53.2 Å². The summed E-state index contributed by atoms with van der Waals surface area (Å²) in [7, 11) is 0. The molecule has 0 saturated heterocycles. The summed E-state index contributed by atoms with van der Waals surface area (Å²) in [4.78, 5) is 12.0. The lowest BCUT2D eigenvalue weighted by Crippen LogP contribution is -2.15. The fourth-order valence-electron chi connectivity index (χ4n) is 3.66. The SMILES string of the molecule is NC(=O)c1nn(-c2ccc3c(c2)OCO3)c2c1CCc1ccc(N)cc1-2. The van der Waals surface area contributed by atoms with Gasteiger partial charge in [0.25, 0.3) is 5.91 Å². The van der Waals surface area contributed by atoms with Crippen LogP contribution in [0, 0.1) is 0 Å². The fraction of sp³-hybridized carbons (Fsp3) is 0.158. The molecule has 0 fully saturated rings. The van der Waals surface area contributed by atoms with Gasteiger partial charge in [0.1, 0.15) is 0 Å². The van der Waals surface area contributed by atoms with Gasteiger partial charge in [-0.1, -0.05) is 6.07 Å². The summed E-state index contributed by atoms with van der Waals surface area (Å²) in [5, 5.41) is 4.52. The number of nitrogens with two attached hydrogens (primary N) is 2.